The van der Waals surface area contributed by atoms with E-state index in [2.05, 4.69) is 0 Å². The van der Waals surface area contributed by atoms with Gasteiger partial charge in [0, 0.05) is 49.7 Å². The molecule has 4 heavy (non-hydrogen) atoms. The number of nitrogens with one attached hydrogen (secondary N) is 1. The summed E-state index contributed by atoms with van der Waals surface area (Å²) in [5, 5.41) is 0. The molecule has 0 spiro atoms. The second-order valence-electron chi connectivity index (χ2n) is 0. The molecular weight excluding hydrogens is 315 g/mol. The molecule has 1 nitrogen and oxygen atoms in total. The van der Waals surface area contributed by atoms with Crippen molar-refractivity contribution < 1.29 is 49.7 Å². The van der Waals surface area contributed by atoms with Crippen LogP contribution in [0.15, 0.2) is 0 Å². The average molecular weight is 319 g/mol. The van der Waals surface area contributed by atoms with Crippen molar-refractivity contribution >= 4 is 0 Å². The maximum atomic E-state index is 5.75. The molecule has 0 saturated heterocycles. The Balaban J connectivity index is -0.00000000500. The van der Waals surface area contributed by atoms with Crippen LogP contribution in [0.2, 0.25) is 0 Å². The third-order valence-electron chi connectivity index (χ3n) is 0. The molecule has 0 aliphatic carbocycles. The third kappa shape index (κ3) is 9.51. The van der Waals surface area contributed by atoms with Gasteiger partial charge in [0.25, 0.3) is 0 Å². The van der Waals surface area contributed by atoms with Gasteiger partial charge >= 0.3 is 0 Å². The molecule has 23 valence electrons. The summed E-state index contributed by atoms with van der Waals surface area (Å²) in [6.07, 6.45) is 0. The summed E-state index contributed by atoms with van der Waals surface area (Å²) in [7, 11) is 1.25. The number of hydrogen-bond acceptors (Lipinski definition) is 0. The summed E-state index contributed by atoms with van der Waals surface area (Å²) in [5.41, 5.74) is 5.75. The maximum Gasteiger partial charge on any atom is 0 e. The van der Waals surface area contributed by atoms with E-state index in [0.29, 0.717) is 0 Å². The molecule has 0 unspecified atom stereocenters. The van der Waals surface area contributed by atoms with Crippen LogP contribution in [0.3, 0.4) is 0 Å². The summed E-state index contributed by atoms with van der Waals surface area (Å²) in [4.78, 5) is 0. The Morgan fingerprint density at radius 3 is 1.25 bits per heavy atom. The Bertz CT molecular complexity index is 8.00. The zero-order valence-corrected chi connectivity index (χ0v) is 8.01. The van der Waals surface area contributed by atoms with E-state index in [1.165, 1.54) is 7.05 Å². The first kappa shape index (κ1) is 17.5. The van der Waals surface area contributed by atoms with Gasteiger partial charge in [-0.15, -0.1) is 0 Å². The van der Waals surface area contributed by atoms with Crippen LogP contribution in [0.5, 0.6) is 0 Å². The van der Waals surface area contributed by atoms with Crippen molar-refractivity contribution in [3.8, 4) is 0 Å². The maximum absolute atomic E-state index is 5.75. The molecule has 0 atom stereocenters. The van der Waals surface area contributed by atoms with E-state index < -0.39 is 0 Å². The van der Waals surface area contributed by atoms with E-state index in [0.717, 1.165) is 0 Å². The van der Waals surface area contributed by atoms with Gasteiger partial charge in [0.1, 0.15) is 0 Å². The first-order valence-corrected chi connectivity index (χ1v) is 0.500. The van der Waals surface area contributed by atoms with Crippen molar-refractivity contribution in [2.24, 2.45) is 0 Å². The van der Waals surface area contributed by atoms with Crippen molar-refractivity contribution in [3.05, 3.63) is 5.73 Å². The van der Waals surface area contributed by atoms with E-state index >= 15 is 0 Å². The van der Waals surface area contributed by atoms with Gasteiger partial charge in [0.2, 0.25) is 0 Å². The van der Waals surface area contributed by atoms with Gasteiger partial charge in [0.05, 0.1) is 0 Å². The zero-order valence-electron chi connectivity index (χ0n) is 2.45. The normalized spacial score (nSPS) is 1.50. The molecule has 1 N–H and O–H groups in total. The van der Waals surface area contributed by atoms with E-state index in [-0.39, 0.29) is 49.7 Å². The summed E-state index contributed by atoms with van der Waals surface area (Å²) in [6.45, 7) is 0. The summed E-state index contributed by atoms with van der Waals surface area (Å²) < 4.78 is 0. The Labute approximate surface area is 62.0 Å². The molecule has 0 aromatic rings. The van der Waals surface area contributed by atoms with Crippen LogP contribution in [-0.2, 0) is 18.6 Å². The average Bonchev–Trinajstić information content (AvgIpc) is 1.00. The van der Waals surface area contributed by atoms with Crippen LogP contribution in [0.25, 0.3) is 5.73 Å². The predicted octanol–water partition coefficient (Wildman–Crippen LogP) is 0.666. The van der Waals surface area contributed by atoms with Gasteiger partial charge in [-0.05, 0) is 0 Å². The monoisotopic (exact) mass is 319 g/mol. The molecule has 3 heteroatoms. The van der Waals surface area contributed by atoms with E-state index in [1.54, 1.807) is 0 Å². The molecule has 0 rings (SSSR count). The predicted molar refractivity (Wildman–Crippen MR) is 10.2 cm³/mol. The Kier molecular flexibility index (Phi) is 102. The van der Waals surface area contributed by atoms with Crippen LogP contribution in [-0.4, -0.2) is 7.05 Å². The molecule has 0 aromatic heterocycles. The first-order chi connectivity index (χ1) is 1.00. The fourth-order valence-corrected chi connectivity index (χ4v) is 0. The Morgan fingerprint density at radius 2 is 1.25 bits per heavy atom. The van der Waals surface area contributed by atoms with E-state index in [1.807, 2.05) is 0 Å². The van der Waals surface area contributed by atoms with Gasteiger partial charge in [-0.2, -0.15) is 7.05 Å². The quantitative estimate of drug-likeness (QED) is 0.627. The van der Waals surface area contributed by atoms with E-state index in [4.69, 9.17) is 5.73 Å². The molecule has 0 saturated carbocycles. The molecule has 0 fully saturated rings. The van der Waals surface area contributed by atoms with Gasteiger partial charge in [-0.3, -0.25) is 0 Å². The van der Waals surface area contributed by atoms with Gasteiger partial charge < -0.3 is 5.73 Å². The van der Waals surface area contributed by atoms with Gasteiger partial charge in [-0.25, -0.2) is 0 Å². The van der Waals surface area contributed by atoms with Crippen molar-refractivity contribution in [1.29, 1.82) is 0 Å². The Morgan fingerprint density at radius 1 is 1.25 bits per heavy atom. The standard InChI is InChI=1S/CH4N.U.V/c1-2;;/h2H,1H3;;/q-1;;. The summed E-state index contributed by atoms with van der Waals surface area (Å²) in [5.74, 6) is 0. The molecule has 0 amide bonds. The minimum Gasteiger partial charge on any atom is -0.680 e. The molecule has 0 aliphatic heterocycles. The van der Waals surface area contributed by atoms with Crippen LogP contribution < -0.4 is 0 Å². The fraction of sp³-hybridized carbons (Fsp3) is 1.00. The van der Waals surface area contributed by atoms with Crippen LogP contribution in [0.4, 0.5) is 0 Å². The molecule has 1 radical (unpaired) electrons. The largest absolute Gasteiger partial charge is 0.680 e. The summed E-state index contributed by atoms with van der Waals surface area (Å²) >= 11 is 0. The second-order valence-corrected chi connectivity index (χ2v) is 0. The smallest absolute Gasteiger partial charge is 0 e. The molecule has 0 aliphatic rings. The Hall–Kier alpha value is 1.60. The van der Waals surface area contributed by atoms with Crippen molar-refractivity contribution in [2.75, 3.05) is 7.05 Å². The molecular formula is CH4NUV-. The van der Waals surface area contributed by atoms with Gasteiger partial charge in [-0.1, -0.05) is 0 Å². The summed E-state index contributed by atoms with van der Waals surface area (Å²) in [6, 6.07) is 0. The van der Waals surface area contributed by atoms with Crippen LogP contribution >= 0.6 is 0 Å². The molecule has 0 bridgehead atoms. The minimum atomic E-state index is 0. The van der Waals surface area contributed by atoms with Crippen molar-refractivity contribution in [2.45, 2.75) is 0 Å². The number of rotatable bonds is 0. The van der Waals surface area contributed by atoms with Crippen LogP contribution in [0, 0.1) is 31.1 Å². The SMILES string of the molecule is C[NH-].[U].[V]. The fourth-order valence-electron chi connectivity index (χ4n) is 0. The third-order valence-corrected chi connectivity index (χ3v) is 0. The molecule has 0 aromatic carbocycles. The second kappa shape index (κ2) is 23.3. The minimum absolute atomic E-state index is 0. The van der Waals surface area contributed by atoms with Crippen LogP contribution in [0.1, 0.15) is 0 Å². The zero-order chi connectivity index (χ0) is 2.00. The topological polar surface area (TPSA) is 23.8 Å². The van der Waals surface area contributed by atoms with Crippen molar-refractivity contribution in [3.63, 3.8) is 0 Å². The molecule has 0 heterocycles. The van der Waals surface area contributed by atoms with Gasteiger partial charge in [0.15, 0.2) is 0 Å². The number of hydrogen-bond donors (Lipinski definition) is 0. The van der Waals surface area contributed by atoms with E-state index in [9.17, 15) is 0 Å². The van der Waals surface area contributed by atoms with Crippen molar-refractivity contribution in [1.82, 2.24) is 0 Å². The first-order valence-electron chi connectivity index (χ1n) is 0.500.